The van der Waals surface area contributed by atoms with E-state index < -0.39 is 17.6 Å². The largest absolute Gasteiger partial charge is 0.416 e. The summed E-state index contributed by atoms with van der Waals surface area (Å²) in [5.74, 6) is -0.790. The van der Waals surface area contributed by atoms with Gasteiger partial charge >= 0.3 is 6.18 Å². The molecule has 0 fully saturated rings. The summed E-state index contributed by atoms with van der Waals surface area (Å²) in [7, 11) is 0. The minimum Gasteiger partial charge on any atom is -0.207 e. The van der Waals surface area contributed by atoms with Gasteiger partial charge < -0.3 is 0 Å². The highest BCUT2D eigenvalue weighted by Gasteiger charge is 2.34. The molecule has 84 valence electrons. The molecule has 0 N–H and O–H groups in total. The third-order valence-electron chi connectivity index (χ3n) is 2.04. The Bertz CT molecular complexity index is 339. The van der Waals surface area contributed by atoms with Crippen LogP contribution in [0.3, 0.4) is 0 Å². The van der Waals surface area contributed by atoms with Crippen molar-refractivity contribution in [3.05, 3.63) is 35.1 Å². The second kappa shape index (κ2) is 4.21. The molecule has 1 rings (SSSR count). The minimum absolute atomic E-state index is 0.0111. The Morgan fingerprint density at radius 1 is 1.20 bits per heavy atom. The van der Waals surface area contributed by atoms with Crippen LogP contribution in [0.1, 0.15) is 25.0 Å². The van der Waals surface area contributed by atoms with Gasteiger partial charge in [-0.25, -0.2) is 4.39 Å². The van der Waals surface area contributed by atoms with E-state index in [0.29, 0.717) is 0 Å². The van der Waals surface area contributed by atoms with Crippen molar-refractivity contribution in [3.63, 3.8) is 0 Å². The first-order chi connectivity index (χ1) is 6.82. The first-order valence-electron chi connectivity index (χ1n) is 4.67. The Labute approximate surface area is 85.9 Å². The smallest absolute Gasteiger partial charge is 0.207 e. The molecule has 0 heterocycles. The molecule has 0 saturated heterocycles. The van der Waals surface area contributed by atoms with Crippen LogP contribution in [0.2, 0.25) is 0 Å². The Hall–Kier alpha value is -1.06. The SMILES string of the molecule is CC(C)Cc1c(F)cccc1C(F)(F)F. The number of halogens is 4. The third kappa shape index (κ3) is 2.94. The van der Waals surface area contributed by atoms with Crippen molar-refractivity contribution in [2.45, 2.75) is 26.4 Å². The molecule has 0 spiro atoms. The van der Waals surface area contributed by atoms with Crippen LogP contribution in [-0.4, -0.2) is 0 Å². The van der Waals surface area contributed by atoms with Gasteiger partial charge in [-0.15, -0.1) is 0 Å². The highest BCUT2D eigenvalue weighted by atomic mass is 19.4. The highest BCUT2D eigenvalue weighted by molar-refractivity contribution is 5.31. The Kier molecular flexibility index (Phi) is 3.37. The fourth-order valence-electron chi connectivity index (χ4n) is 1.44. The summed E-state index contributed by atoms with van der Waals surface area (Å²) in [6, 6.07) is 3.07. The highest BCUT2D eigenvalue weighted by Crippen LogP contribution is 2.33. The van der Waals surface area contributed by atoms with E-state index in [2.05, 4.69) is 0 Å². The zero-order valence-electron chi connectivity index (χ0n) is 8.53. The summed E-state index contributed by atoms with van der Waals surface area (Å²) < 4.78 is 50.8. The minimum atomic E-state index is -4.48. The van der Waals surface area contributed by atoms with Crippen molar-refractivity contribution in [1.82, 2.24) is 0 Å². The van der Waals surface area contributed by atoms with Crippen LogP contribution in [0, 0.1) is 11.7 Å². The summed E-state index contributed by atoms with van der Waals surface area (Å²) >= 11 is 0. The number of rotatable bonds is 2. The Morgan fingerprint density at radius 2 is 1.80 bits per heavy atom. The normalized spacial score (nSPS) is 12.2. The Morgan fingerprint density at radius 3 is 2.27 bits per heavy atom. The van der Waals surface area contributed by atoms with E-state index >= 15 is 0 Å². The van der Waals surface area contributed by atoms with E-state index in [4.69, 9.17) is 0 Å². The second-order valence-corrected chi connectivity index (χ2v) is 3.86. The standard InChI is InChI=1S/C11H12F4/c1-7(2)6-8-9(11(13,14)15)4-3-5-10(8)12/h3-5,7H,6H2,1-2H3. The van der Waals surface area contributed by atoms with Gasteiger partial charge in [0.15, 0.2) is 0 Å². The maximum atomic E-state index is 13.2. The predicted molar refractivity (Wildman–Crippen MR) is 49.9 cm³/mol. The lowest BCUT2D eigenvalue weighted by Gasteiger charge is -2.14. The first kappa shape index (κ1) is 12.0. The predicted octanol–water partition coefficient (Wildman–Crippen LogP) is 4.04. The lowest BCUT2D eigenvalue weighted by atomic mass is 9.97. The average molecular weight is 220 g/mol. The maximum Gasteiger partial charge on any atom is 0.416 e. The molecule has 0 saturated carbocycles. The monoisotopic (exact) mass is 220 g/mol. The van der Waals surface area contributed by atoms with Gasteiger partial charge in [0.25, 0.3) is 0 Å². The quantitative estimate of drug-likeness (QED) is 0.660. The van der Waals surface area contributed by atoms with Crippen LogP contribution < -0.4 is 0 Å². The van der Waals surface area contributed by atoms with Crippen LogP contribution in [-0.2, 0) is 12.6 Å². The van der Waals surface area contributed by atoms with Crippen LogP contribution in [0.25, 0.3) is 0 Å². The van der Waals surface area contributed by atoms with Gasteiger partial charge in [-0.3, -0.25) is 0 Å². The van der Waals surface area contributed by atoms with Crippen molar-refractivity contribution in [3.8, 4) is 0 Å². The molecule has 0 aliphatic heterocycles. The fourth-order valence-corrected chi connectivity index (χ4v) is 1.44. The van der Waals surface area contributed by atoms with Gasteiger partial charge in [0.05, 0.1) is 5.56 Å². The lowest BCUT2D eigenvalue weighted by Crippen LogP contribution is -2.12. The molecule has 0 nitrogen and oxygen atoms in total. The van der Waals surface area contributed by atoms with Gasteiger partial charge in [-0.1, -0.05) is 19.9 Å². The topological polar surface area (TPSA) is 0 Å². The number of hydrogen-bond acceptors (Lipinski definition) is 0. The molecule has 0 aliphatic carbocycles. The van der Waals surface area contributed by atoms with Crippen LogP contribution >= 0.6 is 0 Å². The summed E-state index contributed by atoms with van der Waals surface area (Å²) in [6.07, 6.45) is -4.38. The van der Waals surface area contributed by atoms with Crippen LogP contribution in [0.4, 0.5) is 17.6 Å². The van der Waals surface area contributed by atoms with Gasteiger partial charge in [-0.05, 0) is 24.5 Å². The Balaban J connectivity index is 3.21. The summed E-state index contributed by atoms with van der Waals surface area (Å²) in [6.45, 7) is 3.51. The molecule has 0 unspecified atom stereocenters. The molecule has 0 aliphatic rings. The molecule has 1 aromatic carbocycles. The molecule has 15 heavy (non-hydrogen) atoms. The van der Waals surface area contributed by atoms with E-state index in [9.17, 15) is 17.6 Å². The molecule has 4 heteroatoms. The summed E-state index contributed by atoms with van der Waals surface area (Å²) in [5.41, 5.74) is -1.10. The number of alkyl halides is 3. The number of hydrogen-bond donors (Lipinski definition) is 0. The fraction of sp³-hybridized carbons (Fsp3) is 0.455. The van der Waals surface area contributed by atoms with Gasteiger partial charge in [-0.2, -0.15) is 13.2 Å². The van der Waals surface area contributed by atoms with Crippen molar-refractivity contribution in [2.24, 2.45) is 5.92 Å². The van der Waals surface area contributed by atoms with Crippen molar-refractivity contribution in [2.75, 3.05) is 0 Å². The average Bonchev–Trinajstić information content (AvgIpc) is 2.05. The van der Waals surface area contributed by atoms with Crippen LogP contribution in [0.15, 0.2) is 18.2 Å². The second-order valence-electron chi connectivity index (χ2n) is 3.86. The maximum absolute atomic E-state index is 13.2. The summed E-state index contributed by atoms with van der Waals surface area (Å²) in [5, 5.41) is 0. The van der Waals surface area contributed by atoms with E-state index in [1.54, 1.807) is 13.8 Å². The molecule has 0 amide bonds. The van der Waals surface area contributed by atoms with Crippen molar-refractivity contribution >= 4 is 0 Å². The molecular formula is C11H12F4. The van der Waals surface area contributed by atoms with Crippen LogP contribution in [0.5, 0.6) is 0 Å². The molecular weight excluding hydrogens is 208 g/mol. The molecule has 0 atom stereocenters. The molecule has 0 radical (unpaired) electrons. The zero-order valence-corrected chi connectivity index (χ0v) is 8.53. The van der Waals surface area contributed by atoms with Crippen molar-refractivity contribution < 1.29 is 17.6 Å². The van der Waals surface area contributed by atoms with E-state index in [1.165, 1.54) is 0 Å². The zero-order chi connectivity index (χ0) is 11.6. The van der Waals surface area contributed by atoms with E-state index in [-0.39, 0.29) is 17.9 Å². The molecule has 0 aromatic heterocycles. The van der Waals surface area contributed by atoms with Crippen molar-refractivity contribution in [1.29, 1.82) is 0 Å². The molecule has 0 bridgehead atoms. The van der Waals surface area contributed by atoms with E-state index in [0.717, 1.165) is 18.2 Å². The van der Waals surface area contributed by atoms with Gasteiger partial charge in [0.1, 0.15) is 5.82 Å². The third-order valence-corrected chi connectivity index (χ3v) is 2.04. The van der Waals surface area contributed by atoms with E-state index in [1.807, 2.05) is 0 Å². The van der Waals surface area contributed by atoms with Gasteiger partial charge in [0.2, 0.25) is 0 Å². The van der Waals surface area contributed by atoms with Gasteiger partial charge in [0, 0.05) is 5.56 Å². The number of benzene rings is 1. The molecule has 1 aromatic rings. The lowest BCUT2D eigenvalue weighted by molar-refractivity contribution is -0.138. The first-order valence-corrected chi connectivity index (χ1v) is 4.67. The summed E-state index contributed by atoms with van der Waals surface area (Å²) in [4.78, 5) is 0.